The number of ether oxygens (including phenoxy) is 2. The Morgan fingerprint density at radius 2 is 1.68 bits per heavy atom. The van der Waals surface area contributed by atoms with E-state index in [0.717, 1.165) is 53.0 Å². The summed E-state index contributed by atoms with van der Waals surface area (Å²) in [7, 11) is 3.28. The first-order chi connectivity index (χ1) is 12.3. The van der Waals surface area contributed by atoms with Gasteiger partial charge in [-0.1, -0.05) is 25.5 Å². The van der Waals surface area contributed by atoms with Gasteiger partial charge in [-0.25, -0.2) is 9.97 Å². The van der Waals surface area contributed by atoms with Gasteiger partial charge in [-0.05, 0) is 41.8 Å². The van der Waals surface area contributed by atoms with E-state index >= 15 is 0 Å². The second-order valence-corrected chi connectivity index (χ2v) is 5.80. The average molecular weight is 337 g/mol. The lowest BCUT2D eigenvalue weighted by Crippen LogP contribution is -2.03. The highest BCUT2D eigenvalue weighted by molar-refractivity contribution is 5.92. The lowest BCUT2D eigenvalue weighted by Gasteiger charge is -2.11. The van der Waals surface area contributed by atoms with Crippen LogP contribution in [0.15, 0.2) is 42.7 Å². The number of nitrogens with one attached hydrogen (secondary N) is 1. The maximum atomic E-state index is 5.41. The van der Waals surface area contributed by atoms with Gasteiger partial charge in [0.2, 0.25) is 0 Å². The zero-order chi connectivity index (χ0) is 17.6. The van der Waals surface area contributed by atoms with E-state index in [1.165, 1.54) is 0 Å². The van der Waals surface area contributed by atoms with Crippen molar-refractivity contribution >= 4 is 16.7 Å². The summed E-state index contributed by atoms with van der Waals surface area (Å²) >= 11 is 0. The SMILES string of the molecule is CCCCNc1ncnc2ccc(-c3ccc(OC)c(OC)c3)cc12. The number of benzene rings is 2. The van der Waals surface area contributed by atoms with Crippen molar-refractivity contribution in [1.82, 2.24) is 9.97 Å². The lowest BCUT2D eigenvalue weighted by atomic mass is 10.0. The van der Waals surface area contributed by atoms with Crippen LogP contribution in [0.2, 0.25) is 0 Å². The second kappa shape index (κ2) is 7.83. The van der Waals surface area contributed by atoms with E-state index in [1.807, 2.05) is 24.3 Å². The third-order valence-electron chi connectivity index (χ3n) is 4.17. The fourth-order valence-corrected chi connectivity index (χ4v) is 2.78. The van der Waals surface area contributed by atoms with Crippen LogP contribution in [-0.2, 0) is 0 Å². The Balaban J connectivity index is 2.01. The topological polar surface area (TPSA) is 56.3 Å². The first-order valence-electron chi connectivity index (χ1n) is 8.48. The van der Waals surface area contributed by atoms with Crippen LogP contribution in [-0.4, -0.2) is 30.7 Å². The Bertz CT molecular complexity index is 865. The van der Waals surface area contributed by atoms with Crippen LogP contribution < -0.4 is 14.8 Å². The molecule has 5 heteroatoms. The van der Waals surface area contributed by atoms with Crippen LogP contribution in [0.1, 0.15) is 19.8 Å². The van der Waals surface area contributed by atoms with Crippen molar-refractivity contribution in [2.75, 3.05) is 26.1 Å². The van der Waals surface area contributed by atoms with Gasteiger partial charge in [0.05, 0.1) is 19.7 Å². The summed E-state index contributed by atoms with van der Waals surface area (Å²) in [6.45, 7) is 3.08. The number of aromatic nitrogens is 2. The second-order valence-electron chi connectivity index (χ2n) is 5.80. The molecule has 2 aromatic carbocycles. The molecule has 0 bridgehead atoms. The van der Waals surface area contributed by atoms with Gasteiger partial charge in [-0.2, -0.15) is 0 Å². The third kappa shape index (κ3) is 3.65. The molecule has 0 saturated heterocycles. The number of hydrogen-bond donors (Lipinski definition) is 1. The van der Waals surface area contributed by atoms with Crippen LogP contribution in [0.3, 0.4) is 0 Å². The minimum atomic E-state index is 0.714. The highest BCUT2D eigenvalue weighted by Crippen LogP contribution is 2.34. The Morgan fingerprint density at radius 1 is 0.920 bits per heavy atom. The summed E-state index contributed by atoms with van der Waals surface area (Å²) in [4.78, 5) is 8.78. The standard InChI is InChI=1S/C20H23N3O2/c1-4-5-10-21-20-16-11-14(6-8-17(16)22-13-23-20)15-7-9-18(24-2)19(12-15)25-3/h6-9,11-13H,4-5,10H2,1-3H3,(H,21,22,23). The zero-order valence-electron chi connectivity index (χ0n) is 14.9. The van der Waals surface area contributed by atoms with Gasteiger partial charge in [0.1, 0.15) is 12.1 Å². The van der Waals surface area contributed by atoms with Crippen LogP contribution >= 0.6 is 0 Å². The normalized spacial score (nSPS) is 10.7. The Morgan fingerprint density at radius 3 is 2.44 bits per heavy atom. The molecule has 1 aromatic heterocycles. The minimum absolute atomic E-state index is 0.714. The van der Waals surface area contributed by atoms with Gasteiger partial charge >= 0.3 is 0 Å². The van der Waals surface area contributed by atoms with E-state index in [0.29, 0.717) is 5.75 Å². The van der Waals surface area contributed by atoms with E-state index in [2.05, 4.69) is 34.3 Å². The van der Waals surface area contributed by atoms with E-state index in [-0.39, 0.29) is 0 Å². The molecule has 0 spiro atoms. The van der Waals surface area contributed by atoms with Gasteiger partial charge in [-0.15, -0.1) is 0 Å². The van der Waals surface area contributed by atoms with Gasteiger partial charge in [0.25, 0.3) is 0 Å². The fraction of sp³-hybridized carbons (Fsp3) is 0.300. The molecule has 0 unspecified atom stereocenters. The van der Waals surface area contributed by atoms with Crippen molar-refractivity contribution in [2.45, 2.75) is 19.8 Å². The predicted octanol–water partition coefficient (Wildman–Crippen LogP) is 4.53. The van der Waals surface area contributed by atoms with Crippen molar-refractivity contribution in [1.29, 1.82) is 0 Å². The molecular weight excluding hydrogens is 314 g/mol. The minimum Gasteiger partial charge on any atom is -0.493 e. The van der Waals surface area contributed by atoms with Crippen molar-refractivity contribution < 1.29 is 9.47 Å². The molecule has 0 aliphatic heterocycles. The number of anilines is 1. The molecule has 130 valence electrons. The molecule has 0 fully saturated rings. The Hall–Kier alpha value is -2.82. The van der Waals surface area contributed by atoms with E-state index < -0.39 is 0 Å². The van der Waals surface area contributed by atoms with E-state index in [9.17, 15) is 0 Å². The van der Waals surface area contributed by atoms with E-state index in [1.54, 1.807) is 20.5 Å². The smallest absolute Gasteiger partial charge is 0.161 e. The number of rotatable bonds is 7. The quantitative estimate of drug-likeness (QED) is 0.642. The van der Waals surface area contributed by atoms with Crippen molar-refractivity contribution in [3.05, 3.63) is 42.7 Å². The molecule has 5 nitrogen and oxygen atoms in total. The molecule has 0 saturated carbocycles. The third-order valence-corrected chi connectivity index (χ3v) is 4.17. The average Bonchev–Trinajstić information content (AvgIpc) is 2.67. The molecule has 0 amide bonds. The van der Waals surface area contributed by atoms with Gasteiger partial charge < -0.3 is 14.8 Å². The molecule has 0 aliphatic carbocycles. The highest BCUT2D eigenvalue weighted by atomic mass is 16.5. The maximum absolute atomic E-state index is 5.41. The van der Waals surface area contributed by atoms with Crippen molar-refractivity contribution in [3.8, 4) is 22.6 Å². The van der Waals surface area contributed by atoms with Crippen molar-refractivity contribution in [3.63, 3.8) is 0 Å². The number of nitrogens with zero attached hydrogens (tertiary/aromatic N) is 2. The summed E-state index contributed by atoms with van der Waals surface area (Å²) in [5.41, 5.74) is 3.07. The van der Waals surface area contributed by atoms with Crippen molar-refractivity contribution in [2.24, 2.45) is 0 Å². The van der Waals surface area contributed by atoms with Gasteiger partial charge in [0, 0.05) is 11.9 Å². The molecule has 1 N–H and O–H groups in total. The molecular formula is C20H23N3O2. The number of fused-ring (bicyclic) bond motifs is 1. The molecule has 25 heavy (non-hydrogen) atoms. The van der Waals surface area contributed by atoms with Gasteiger partial charge in [0.15, 0.2) is 11.5 Å². The molecule has 0 atom stereocenters. The Labute approximate surface area is 148 Å². The summed E-state index contributed by atoms with van der Waals surface area (Å²) in [5, 5.41) is 4.43. The number of methoxy groups -OCH3 is 2. The van der Waals surface area contributed by atoms with Crippen LogP contribution in [0.4, 0.5) is 5.82 Å². The Kier molecular flexibility index (Phi) is 5.33. The number of unbranched alkanes of at least 4 members (excludes halogenated alkanes) is 1. The molecule has 0 aliphatic rings. The lowest BCUT2D eigenvalue weighted by molar-refractivity contribution is 0.355. The largest absolute Gasteiger partial charge is 0.493 e. The van der Waals surface area contributed by atoms with Crippen LogP contribution in [0, 0.1) is 0 Å². The summed E-state index contributed by atoms with van der Waals surface area (Å²) in [6.07, 6.45) is 3.86. The van der Waals surface area contributed by atoms with E-state index in [4.69, 9.17) is 9.47 Å². The highest BCUT2D eigenvalue weighted by Gasteiger charge is 2.09. The summed E-state index contributed by atoms with van der Waals surface area (Å²) in [6, 6.07) is 12.1. The summed E-state index contributed by atoms with van der Waals surface area (Å²) in [5.74, 6) is 2.31. The monoisotopic (exact) mass is 337 g/mol. The first kappa shape index (κ1) is 17.0. The number of hydrogen-bond acceptors (Lipinski definition) is 5. The predicted molar refractivity (Wildman–Crippen MR) is 101 cm³/mol. The fourth-order valence-electron chi connectivity index (χ4n) is 2.78. The molecule has 0 radical (unpaired) electrons. The van der Waals surface area contributed by atoms with Crippen LogP contribution in [0.25, 0.3) is 22.0 Å². The first-order valence-corrected chi connectivity index (χ1v) is 8.48. The summed E-state index contributed by atoms with van der Waals surface area (Å²) < 4.78 is 10.7. The van der Waals surface area contributed by atoms with Crippen LogP contribution in [0.5, 0.6) is 11.5 Å². The van der Waals surface area contributed by atoms with Gasteiger partial charge in [-0.3, -0.25) is 0 Å². The zero-order valence-corrected chi connectivity index (χ0v) is 14.9. The molecule has 3 aromatic rings. The molecule has 1 heterocycles. The molecule has 3 rings (SSSR count). The maximum Gasteiger partial charge on any atom is 0.161 e.